The monoisotopic (exact) mass is 1620 g/mol. The smallest absolute Gasteiger partial charge is 0.164 e. The van der Waals surface area contributed by atoms with E-state index in [9.17, 15) is 0 Å². The van der Waals surface area contributed by atoms with Gasteiger partial charge in [-0.3, -0.25) is 0 Å². The maximum absolute atomic E-state index is 6.19. The van der Waals surface area contributed by atoms with Crippen molar-refractivity contribution < 1.29 is 4.74 Å². The first kappa shape index (κ1) is 71.4. The maximum atomic E-state index is 6.19. The first-order valence-electron chi connectivity index (χ1n) is 39.4. The topological polar surface area (TPSA) is 125 Å². The molecule has 10 nitrogen and oxygen atoms in total. The van der Waals surface area contributed by atoms with Gasteiger partial charge in [0.25, 0.3) is 0 Å². The number of fused-ring (bicyclic) bond motifs is 24. The van der Waals surface area contributed by atoms with Crippen LogP contribution in [0.5, 0.6) is 11.5 Å². The summed E-state index contributed by atoms with van der Waals surface area (Å²) < 4.78 is 6.19. The zero-order valence-electron chi connectivity index (χ0n) is 63.7. The van der Waals surface area contributed by atoms with E-state index >= 15 is 0 Å². The van der Waals surface area contributed by atoms with Crippen LogP contribution in [0.4, 0.5) is 0 Å². The number of aromatic nitrogens is 9. The molecule has 3 aliphatic rings. The van der Waals surface area contributed by atoms with Crippen LogP contribution < -0.4 is 4.74 Å². The average molecular weight is 1630 g/mol. The van der Waals surface area contributed by atoms with Crippen molar-refractivity contribution in [3.05, 3.63) is 371 Å². The molecule has 0 N–H and O–H groups in total. The van der Waals surface area contributed by atoms with E-state index in [0.717, 1.165) is 60.2 Å². The van der Waals surface area contributed by atoms with Crippen molar-refractivity contribution >= 4 is 156 Å². The normalized spacial score (nSPS) is 12.4. The second-order valence-corrected chi connectivity index (χ2v) is 34.8. The SMILES string of the molecule is c1ccc(-c2nc(-c3ccc4c(c3)Sc3ccccc3S4)nc(-c3ccc4c5ccccc5c5ccccc5c4c3)n2)cc1.c1ccc2c(c1)Oc1cc(-c3ncnc(-c4ccc5c6ccccc6c6ccccc6c5c4)n3)ccc1S2.c1ccc2c(c1)Sc1ccc(-c3ncnc(-c4ccc5c6ccccc6c6ccccc6c5c4)n3)cc1S2. The van der Waals surface area contributed by atoms with Gasteiger partial charge >= 0.3 is 0 Å². The minimum atomic E-state index is 0.619. The lowest BCUT2D eigenvalue weighted by Gasteiger charge is -2.19. The van der Waals surface area contributed by atoms with E-state index in [2.05, 4.69) is 329 Å². The molecule has 0 saturated heterocycles. The number of para-hydroxylation sites is 1. The molecule has 0 fully saturated rings. The predicted molar refractivity (Wildman–Crippen MR) is 495 cm³/mol. The molecule has 562 valence electrons. The second-order valence-electron chi connectivity index (χ2n) is 29.4. The van der Waals surface area contributed by atoms with Gasteiger partial charge in [0.05, 0.1) is 9.79 Å². The summed E-state index contributed by atoms with van der Waals surface area (Å²) in [5.41, 5.74) is 6.75. The van der Waals surface area contributed by atoms with E-state index in [1.807, 2.05) is 72.1 Å². The minimum absolute atomic E-state index is 0.619. The molecule has 22 aromatic rings. The first-order valence-corrected chi connectivity index (χ1v) is 43.5. The highest BCUT2D eigenvalue weighted by Crippen LogP contribution is 2.53. The van der Waals surface area contributed by atoms with Crippen molar-refractivity contribution in [2.24, 2.45) is 0 Å². The average Bonchev–Trinajstić information content (AvgIpc) is 0.714. The molecule has 25 rings (SSSR count). The van der Waals surface area contributed by atoms with Gasteiger partial charge in [0, 0.05) is 78.1 Å². The molecule has 0 spiro atoms. The van der Waals surface area contributed by atoms with E-state index in [1.165, 1.54) is 136 Å². The minimum Gasteiger partial charge on any atom is -0.455 e. The number of nitrogens with zero attached hydrogens (tertiary/aromatic N) is 9. The third-order valence-electron chi connectivity index (χ3n) is 22.3. The Morgan fingerprint density at radius 3 is 0.767 bits per heavy atom. The fraction of sp³-hybridized carbons (Fsp3) is 0. The van der Waals surface area contributed by atoms with E-state index in [1.54, 1.807) is 47.9 Å². The molecule has 0 radical (unpaired) electrons. The number of benzene rings is 19. The summed E-state index contributed by atoms with van der Waals surface area (Å²) >= 11 is 8.95. The lowest BCUT2D eigenvalue weighted by atomic mass is 9.93. The maximum Gasteiger partial charge on any atom is 0.164 e. The van der Waals surface area contributed by atoms with Gasteiger partial charge < -0.3 is 4.74 Å². The Kier molecular flexibility index (Phi) is 18.0. The highest BCUT2D eigenvalue weighted by atomic mass is 32.2. The number of hydrogen-bond acceptors (Lipinski definition) is 15. The highest BCUT2D eigenvalue weighted by Gasteiger charge is 2.25. The van der Waals surface area contributed by atoms with Crippen LogP contribution in [-0.4, -0.2) is 44.9 Å². The molecule has 6 heterocycles. The summed E-state index contributed by atoms with van der Waals surface area (Å²) in [5.74, 6) is 6.32. The third-order valence-corrected chi connectivity index (χ3v) is 28.5. The Labute approximate surface area is 710 Å². The lowest BCUT2D eigenvalue weighted by molar-refractivity contribution is 0.455. The molecule has 3 aliphatic heterocycles. The largest absolute Gasteiger partial charge is 0.455 e. The van der Waals surface area contributed by atoms with Crippen molar-refractivity contribution in [3.63, 3.8) is 0 Å². The lowest BCUT2D eigenvalue weighted by Crippen LogP contribution is -2.00. The summed E-state index contributed by atoms with van der Waals surface area (Å²) in [6.45, 7) is 0. The fourth-order valence-corrected chi connectivity index (χ4v) is 22.1. The van der Waals surface area contributed by atoms with Gasteiger partial charge in [-0.05, 0) is 206 Å². The van der Waals surface area contributed by atoms with Crippen LogP contribution >= 0.6 is 58.8 Å². The summed E-state index contributed by atoms with van der Waals surface area (Å²) in [4.78, 5) is 55.4. The zero-order valence-corrected chi connectivity index (χ0v) is 67.8. The van der Waals surface area contributed by atoms with Crippen molar-refractivity contribution in [3.8, 4) is 91.2 Å². The quantitative estimate of drug-likeness (QED) is 0.140. The van der Waals surface area contributed by atoms with Gasteiger partial charge in [-0.2, -0.15) is 0 Å². The molecule has 0 amide bonds. The molecule has 15 heteroatoms. The van der Waals surface area contributed by atoms with Gasteiger partial charge in [0.1, 0.15) is 24.2 Å². The highest BCUT2D eigenvalue weighted by molar-refractivity contribution is 8.05. The summed E-state index contributed by atoms with van der Waals surface area (Å²) in [5, 5.41) is 22.3. The van der Waals surface area contributed by atoms with Crippen LogP contribution in [0.2, 0.25) is 0 Å². The summed E-state index contributed by atoms with van der Waals surface area (Å²) in [6, 6.07) is 126. The molecule has 19 aromatic carbocycles. The molecular weight excluding hydrogens is 1560 g/mol. The van der Waals surface area contributed by atoms with Gasteiger partial charge in [-0.15, -0.1) is 0 Å². The standard InChI is InChI=1S/C39H23N3S2.C33H19N3OS.C33H19N3S2/c1-2-10-24(11-3-1)37-40-38(42-39(41-37)26-19-21-35-36(23-26)44-34-17-9-8-16-33(34)43-35)25-18-20-31-29-14-5-4-12-27(29)28-13-6-7-15-30(28)32(31)22-25;1-2-9-24-22(7-1)23-8-3-4-10-25(23)27-17-20(13-15-26(24)27)32-34-19-35-33(36-32)21-14-16-31-29(18-21)37-28-11-5-6-12-30(28)38-31;1-2-9-24-22(7-1)23-8-3-4-10-25(23)27-17-20(13-15-26(24)27)32-34-19-35-33(36-32)21-14-16-30-31(18-21)38-29-12-6-5-11-28(29)37-30/h1-23H;2*1-19H. The van der Waals surface area contributed by atoms with E-state index in [0.29, 0.717) is 40.8 Å². The molecule has 3 aromatic heterocycles. The van der Waals surface area contributed by atoms with Crippen molar-refractivity contribution in [2.45, 2.75) is 49.0 Å². The van der Waals surface area contributed by atoms with Crippen molar-refractivity contribution in [2.75, 3.05) is 0 Å². The molecule has 0 saturated carbocycles. The van der Waals surface area contributed by atoms with Crippen LogP contribution in [-0.2, 0) is 0 Å². The molecule has 0 aliphatic carbocycles. The van der Waals surface area contributed by atoms with Crippen LogP contribution in [0.3, 0.4) is 0 Å². The van der Waals surface area contributed by atoms with Crippen LogP contribution in [0.15, 0.2) is 420 Å². The Hall–Kier alpha value is -13.9. The van der Waals surface area contributed by atoms with Gasteiger partial charge in [-0.1, -0.05) is 308 Å². The van der Waals surface area contributed by atoms with E-state index < -0.39 is 0 Å². The Bertz CT molecular complexity index is 7590. The predicted octanol–water partition coefficient (Wildman–Crippen LogP) is 29.2. The molecule has 0 unspecified atom stereocenters. The number of rotatable bonds is 7. The number of hydrogen-bond donors (Lipinski definition) is 0. The van der Waals surface area contributed by atoms with Crippen LogP contribution in [0.25, 0.3) is 177 Å². The Morgan fingerprint density at radius 2 is 0.383 bits per heavy atom. The van der Waals surface area contributed by atoms with Crippen LogP contribution in [0.1, 0.15) is 0 Å². The van der Waals surface area contributed by atoms with Gasteiger partial charge in [0.15, 0.2) is 40.8 Å². The van der Waals surface area contributed by atoms with Crippen molar-refractivity contribution in [1.82, 2.24) is 44.9 Å². The summed E-state index contributed by atoms with van der Waals surface area (Å²) in [7, 11) is 0. The number of ether oxygens (including phenoxy) is 1. The molecule has 120 heavy (non-hydrogen) atoms. The van der Waals surface area contributed by atoms with Gasteiger partial charge in [-0.25, -0.2) is 44.9 Å². The second kappa shape index (κ2) is 30.2. The third kappa shape index (κ3) is 13.1. The van der Waals surface area contributed by atoms with E-state index in [-0.39, 0.29) is 0 Å². The zero-order chi connectivity index (χ0) is 79.1. The molecular formula is C105H61N9OS5. The van der Waals surface area contributed by atoms with Gasteiger partial charge in [0.2, 0.25) is 0 Å². The van der Waals surface area contributed by atoms with E-state index in [4.69, 9.17) is 29.7 Å². The molecule has 0 atom stereocenters. The Balaban J connectivity index is 0.000000105. The molecule has 0 bridgehead atoms. The first-order chi connectivity index (χ1) is 59.4. The fourth-order valence-electron chi connectivity index (χ4n) is 16.6. The Morgan fingerprint density at radius 1 is 0.150 bits per heavy atom. The summed E-state index contributed by atoms with van der Waals surface area (Å²) in [6.07, 6.45) is 3.21. The van der Waals surface area contributed by atoms with Crippen molar-refractivity contribution in [1.29, 1.82) is 0 Å². The van der Waals surface area contributed by atoms with Crippen LogP contribution in [0, 0.1) is 0 Å².